The van der Waals surface area contributed by atoms with Crippen LogP contribution in [0.4, 0.5) is 5.13 Å². The second kappa shape index (κ2) is 7.88. The summed E-state index contributed by atoms with van der Waals surface area (Å²) < 4.78 is 0. The van der Waals surface area contributed by atoms with Crippen molar-refractivity contribution >= 4 is 28.3 Å². The van der Waals surface area contributed by atoms with Gasteiger partial charge in [0.1, 0.15) is 11.0 Å². The highest BCUT2D eigenvalue weighted by Crippen LogP contribution is 2.60. The van der Waals surface area contributed by atoms with E-state index in [9.17, 15) is 9.59 Å². The minimum Gasteiger partial charge on any atom is -0.330 e. The maximum Gasteiger partial charge on any atom is 0.249 e. The number of likely N-dealkylation sites (tertiary alicyclic amines) is 1. The van der Waals surface area contributed by atoms with Crippen LogP contribution in [-0.4, -0.2) is 39.5 Å². The van der Waals surface area contributed by atoms with Crippen LogP contribution in [0.3, 0.4) is 0 Å². The lowest BCUT2D eigenvalue weighted by Gasteiger charge is -2.56. The molecular formula is C23H34N4O2S. The molecule has 2 heterocycles. The number of anilines is 1. The van der Waals surface area contributed by atoms with E-state index in [2.05, 4.69) is 29.4 Å². The Labute approximate surface area is 183 Å². The van der Waals surface area contributed by atoms with E-state index in [4.69, 9.17) is 0 Å². The number of amides is 2. The normalized spacial score (nSPS) is 34.7. The van der Waals surface area contributed by atoms with Crippen molar-refractivity contribution in [3.63, 3.8) is 0 Å². The topological polar surface area (TPSA) is 75.2 Å². The van der Waals surface area contributed by atoms with Crippen LogP contribution in [0.25, 0.3) is 0 Å². The van der Waals surface area contributed by atoms with Gasteiger partial charge >= 0.3 is 0 Å². The molecule has 1 N–H and O–H groups in total. The van der Waals surface area contributed by atoms with E-state index in [1.165, 1.54) is 30.6 Å². The average Bonchev–Trinajstić information content (AvgIpc) is 3.37. The van der Waals surface area contributed by atoms with Crippen LogP contribution in [0.5, 0.6) is 0 Å². The Morgan fingerprint density at radius 1 is 1.10 bits per heavy atom. The van der Waals surface area contributed by atoms with Crippen molar-refractivity contribution in [1.82, 2.24) is 15.1 Å². The molecule has 6 nitrogen and oxygen atoms in total. The second-order valence-electron chi connectivity index (χ2n) is 10.3. The highest BCUT2D eigenvalue weighted by molar-refractivity contribution is 7.15. The Balaban J connectivity index is 1.28. The fourth-order valence-corrected chi connectivity index (χ4v) is 8.25. The zero-order valence-corrected chi connectivity index (χ0v) is 19.0. The zero-order chi connectivity index (χ0) is 20.9. The standard InChI is InChI=1S/C23H34N4O2S/c1-3-17(4-2)20-25-26-22(30-20)24-19(28)18-6-5-7-27(18)21(29)23-11-14-8-15(12-23)10-16(9-14)13-23/h14-18H,3-13H2,1-2H3,(H,24,26,28). The van der Waals surface area contributed by atoms with Crippen LogP contribution in [0.1, 0.15) is 89.0 Å². The van der Waals surface area contributed by atoms with Crippen LogP contribution in [0.15, 0.2) is 0 Å². The summed E-state index contributed by atoms with van der Waals surface area (Å²) in [6.07, 6.45) is 10.8. The molecule has 5 aliphatic rings. The number of rotatable bonds is 6. The minimum atomic E-state index is -0.356. The summed E-state index contributed by atoms with van der Waals surface area (Å²) in [5, 5.41) is 13.0. The van der Waals surface area contributed by atoms with Crippen molar-refractivity contribution in [2.45, 2.75) is 90.0 Å². The molecule has 5 fully saturated rings. The highest BCUT2D eigenvalue weighted by atomic mass is 32.1. The molecule has 164 valence electrons. The van der Waals surface area contributed by atoms with Crippen molar-refractivity contribution < 1.29 is 9.59 Å². The molecular weight excluding hydrogens is 396 g/mol. The molecule has 2 amide bonds. The lowest BCUT2D eigenvalue weighted by Crippen LogP contribution is -2.56. The molecule has 1 aromatic rings. The molecule has 0 spiro atoms. The van der Waals surface area contributed by atoms with E-state index < -0.39 is 0 Å². The lowest BCUT2D eigenvalue weighted by atomic mass is 9.49. The number of carbonyl (C=O) groups is 2. The van der Waals surface area contributed by atoms with Gasteiger partial charge in [-0.3, -0.25) is 14.9 Å². The van der Waals surface area contributed by atoms with Gasteiger partial charge < -0.3 is 4.90 Å². The molecule has 1 saturated heterocycles. The number of nitrogens with one attached hydrogen (secondary N) is 1. The van der Waals surface area contributed by atoms with Gasteiger partial charge in [-0.2, -0.15) is 0 Å². The molecule has 7 heteroatoms. The van der Waals surface area contributed by atoms with Crippen LogP contribution >= 0.6 is 11.3 Å². The molecule has 1 aliphatic heterocycles. The van der Waals surface area contributed by atoms with E-state index in [-0.39, 0.29) is 23.3 Å². The number of hydrogen-bond acceptors (Lipinski definition) is 5. The maximum absolute atomic E-state index is 13.8. The van der Waals surface area contributed by atoms with Crippen molar-refractivity contribution in [1.29, 1.82) is 0 Å². The Morgan fingerprint density at radius 3 is 2.33 bits per heavy atom. The first-order chi connectivity index (χ1) is 14.5. The molecule has 1 aromatic heterocycles. The van der Waals surface area contributed by atoms with Crippen LogP contribution in [-0.2, 0) is 9.59 Å². The van der Waals surface area contributed by atoms with Gasteiger partial charge in [0.15, 0.2) is 0 Å². The van der Waals surface area contributed by atoms with E-state index in [1.54, 1.807) is 0 Å². The van der Waals surface area contributed by atoms with Gasteiger partial charge in [-0.25, -0.2) is 0 Å². The van der Waals surface area contributed by atoms with Gasteiger partial charge in [-0.1, -0.05) is 25.2 Å². The minimum absolute atomic E-state index is 0.0853. The molecule has 0 radical (unpaired) electrons. The summed E-state index contributed by atoms with van der Waals surface area (Å²) in [6.45, 7) is 5.02. The first kappa shape index (κ1) is 20.4. The molecule has 0 aromatic carbocycles. The molecule has 4 bridgehead atoms. The Morgan fingerprint density at radius 2 is 1.73 bits per heavy atom. The summed E-state index contributed by atoms with van der Waals surface area (Å²) >= 11 is 1.48. The van der Waals surface area contributed by atoms with Crippen molar-refractivity contribution in [2.24, 2.45) is 23.2 Å². The first-order valence-electron chi connectivity index (χ1n) is 12.0. The molecule has 1 atom stereocenters. The third kappa shape index (κ3) is 3.47. The zero-order valence-electron chi connectivity index (χ0n) is 18.2. The smallest absolute Gasteiger partial charge is 0.249 e. The van der Waals surface area contributed by atoms with Gasteiger partial charge in [0.2, 0.25) is 16.9 Å². The van der Waals surface area contributed by atoms with Crippen LogP contribution in [0.2, 0.25) is 0 Å². The average molecular weight is 431 g/mol. The number of carbonyl (C=O) groups excluding carboxylic acids is 2. The van der Waals surface area contributed by atoms with E-state index in [1.807, 2.05) is 4.90 Å². The third-order valence-corrected chi connectivity index (χ3v) is 9.32. The Bertz CT molecular complexity index is 783. The van der Waals surface area contributed by atoms with Crippen LogP contribution in [0, 0.1) is 23.2 Å². The molecule has 4 aliphatic carbocycles. The largest absolute Gasteiger partial charge is 0.330 e. The molecule has 30 heavy (non-hydrogen) atoms. The Hall–Kier alpha value is -1.50. The van der Waals surface area contributed by atoms with Gasteiger partial charge in [0, 0.05) is 12.5 Å². The van der Waals surface area contributed by atoms with E-state index in [0.29, 0.717) is 17.6 Å². The third-order valence-electron chi connectivity index (χ3n) is 8.31. The highest BCUT2D eigenvalue weighted by Gasteiger charge is 2.56. The fourth-order valence-electron chi connectivity index (χ4n) is 7.24. The summed E-state index contributed by atoms with van der Waals surface area (Å²) in [4.78, 5) is 28.8. The van der Waals surface area contributed by atoms with Crippen molar-refractivity contribution in [3.8, 4) is 0 Å². The van der Waals surface area contributed by atoms with Gasteiger partial charge in [-0.05, 0) is 82.0 Å². The quantitative estimate of drug-likeness (QED) is 0.716. The number of hydrogen-bond donors (Lipinski definition) is 1. The predicted octanol–water partition coefficient (Wildman–Crippen LogP) is 4.59. The summed E-state index contributed by atoms with van der Waals surface area (Å²) in [7, 11) is 0. The number of aromatic nitrogens is 2. The SMILES string of the molecule is CCC(CC)c1nnc(NC(=O)C2CCCN2C(=O)C23CC4CC(CC(C4)C2)C3)s1. The second-order valence-corrected chi connectivity index (χ2v) is 11.3. The van der Waals surface area contributed by atoms with Crippen LogP contribution < -0.4 is 5.32 Å². The molecule has 6 rings (SSSR count). The summed E-state index contributed by atoms with van der Waals surface area (Å²) in [5.74, 6) is 2.79. The van der Waals surface area contributed by atoms with Gasteiger partial charge in [-0.15, -0.1) is 10.2 Å². The van der Waals surface area contributed by atoms with E-state index in [0.717, 1.165) is 67.7 Å². The summed E-state index contributed by atoms with van der Waals surface area (Å²) in [6, 6.07) is -0.356. The summed E-state index contributed by atoms with van der Waals surface area (Å²) in [5.41, 5.74) is -0.178. The first-order valence-corrected chi connectivity index (χ1v) is 12.8. The Kier molecular flexibility index (Phi) is 5.36. The van der Waals surface area contributed by atoms with Crippen molar-refractivity contribution in [2.75, 3.05) is 11.9 Å². The lowest BCUT2D eigenvalue weighted by molar-refractivity contribution is -0.160. The van der Waals surface area contributed by atoms with Gasteiger partial charge in [0.25, 0.3) is 0 Å². The van der Waals surface area contributed by atoms with Crippen molar-refractivity contribution in [3.05, 3.63) is 5.01 Å². The predicted molar refractivity (Wildman–Crippen MR) is 117 cm³/mol. The number of nitrogens with zero attached hydrogens (tertiary/aromatic N) is 3. The monoisotopic (exact) mass is 430 g/mol. The van der Waals surface area contributed by atoms with Gasteiger partial charge in [0.05, 0.1) is 5.41 Å². The molecule has 1 unspecified atom stereocenters. The fraction of sp³-hybridized carbons (Fsp3) is 0.826. The van der Waals surface area contributed by atoms with E-state index >= 15 is 0 Å². The molecule has 4 saturated carbocycles. The maximum atomic E-state index is 13.8.